The summed E-state index contributed by atoms with van der Waals surface area (Å²) in [4.78, 5) is 13.6. The standard InChI is InChI=1S/C30H36N6O2/c1-21-27(23-19-31-35(3)20-23)34-36(24-13-9-6-10-14-24)28(21)33-29(37)32-26-18-30(2,15-16-38-4)17-25(26)22-11-7-5-8-12-22/h5-14,19-20,25-26H,15-18H2,1-4H3,(H2,32,33,37)/t25-,26+,30?/m0/s1. The predicted octanol–water partition coefficient (Wildman–Crippen LogP) is 5.69. The van der Waals surface area contributed by atoms with Gasteiger partial charge in [0.05, 0.1) is 11.9 Å². The van der Waals surface area contributed by atoms with Gasteiger partial charge in [0.15, 0.2) is 0 Å². The second kappa shape index (κ2) is 10.8. The molecule has 0 radical (unpaired) electrons. The van der Waals surface area contributed by atoms with Crippen molar-refractivity contribution in [1.29, 1.82) is 0 Å². The van der Waals surface area contributed by atoms with Crippen molar-refractivity contribution in [2.45, 2.75) is 45.1 Å². The highest BCUT2D eigenvalue weighted by Crippen LogP contribution is 2.48. The Kier molecular flexibility index (Phi) is 7.33. The lowest BCUT2D eigenvalue weighted by Gasteiger charge is -2.23. The third-order valence-electron chi connectivity index (χ3n) is 7.70. The molecule has 2 amide bonds. The van der Waals surface area contributed by atoms with Crippen molar-refractivity contribution in [3.63, 3.8) is 0 Å². The van der Waals surface area contributed by atoms with Gasteiger partial charge in [0.2, 0.25) is 0 Å². The van der Waals surface area contributed by atoms with Crippen LogP contribution in [0.2, 0.25) is 0 Å². The number of benzene rings is 2. The molecule has 2 N–H and O–H groups in total. The Bertz CT molecular complexity index is 1380. The minimum absolute atomic E-state index is 0.00505. The Balaban J connectivity index is 1.43. The number of amides is 2. The van der Waals surface area contributed by atoms with Crippen molar-refractivity contribution in [2.75, 3.05) is 19.0 Å². The molecule has 8 nitrogen and oxygen atoms in total. The van der Waals surface area contributed by atoms with Gasteiger partial charge in [0.25, 0.3) is 0 Å². The van der Waals surface area contributed by atoms with Crippen molar-refractivity contribution in [1.82, 2.24) is 24.9 Å². The van der Waals surface area contributed by atoms with Gasteiger partial charge in [-0.25, -0.2) is 9.48 Å². The highest BCUT2D eigenvalue weighted by Gasteiger charge is 2.43. The highest BCUT2D eigenvalue weighted by molar-refractivity contribution is 5.91. The first kappa shape index (κ1) is 25.7. The number of aryl methyl sites for hydroxylation is 1. The summed E-state index contributed by atoms with van der Waals surface area (Å²) in [5.41, 5.74) is 4.78. The van der Waals surface area contributed by atoms with Crippen LogP contribution in [0.5, 0.6) is 0 Å². The maximum Gasteiger partial charge on any atom is 0.320 e. The molecule has 1 saturated carbocycles. The van der Waals surface area contributed by atoms with E-state index in [1.54, 1.807) is 22.7 Å². The SMILES string of the molecule is COCCC1(C)C[C@@H](NC(=O)Nc2c(C)c(-c3cnn(C)c3)nn2-c2ccccc2)[C@H](c2ccccc2)C1. The van der Waals surface area contributed by atoms with Crippen LogP contribution in [0.1, 0.15) is 43.2 Å². The van der Waals surface area contributed by atoms with E-state index in [0.29, 0.717) is 12.4 Å². The first-order valence-electron chi connectivity index (χ1n) is 13.1. The number of urea groups is 1. The molecule has 38 heavy (non-hydrogen) atoms. The van der Waals surface area contributed by atoms with Gasteiger partial charge in [0.1, 0.15) is 11.5 Å². The number of ether oxygens (including phenoxy) is 1. The molecular formula is C30H36N6O2. The molecule has 1 unspecified atom stereocenters. The van der Waals surface area contributed by atoms with Gasteiger partial charge in [-0.15, -0.1) is 0 Å². The topological polar surface area (TPSA) is 86.0 Å². The maximum absolute atomic E-state index is 13.6. The van der Waals surface area contributed by atoms with Gasteiger partial charge in [0, 0.05) is 50.0 Å². The van der Waals surface area contributed by atoms with Gasteiger partial charge in [-0.3, -0.25) is 10.00 Å². The van der Waals surface area contributed by atoms with E-state index < -0.39 is 0 Å². The molecule has 0 aliphatic heterocycles. The zero-order valence-corrected chi connectivity index (χ0v) is 22.5. The molecule has 1 aliphatic carbocycles. The summed E-state index contributed by atoms with van der Waals surface area (Å²) in [6.45, 7) is 4.99. The van der Waals surface area contributed by atoms with Crippen LogP contribution in [0, 0.1) is 12.3 Å². The number of hydrogen-bond donors (Lipinski definition) is 2. The number of hydrogen-bond acceptors (Lipinski definition) is 4. The summed E-state index contributed by atoms with van der Waals surface area (Å²) in [5, 5.41) is 15.6. The fourth-order valence-electron chi connectivity index (χ4n) is 5.71. The van der Waals surface area contributed by atoms with Crippen molar-refractivity contribution < 1.29 is 9.53 Å². The maximum atomic E-state index is 13.6. The summed E-state index contributed by atoms with van der Waals surface area (Å²) in [6, 6.07) is 20.1. The third-order valence-corrected chi connectivity index (χ3v) is 7.70. The van der Waals surface area contributed by atoms with Gasteiger partial charge >= 0.3 is 6.03 Å². The summed E-state index contributed by atoms with van der Waals surface area (Å²) in [7, 11) is 3.62. The van der Waals surface area contributed by atoms with Crippen LogP contribution in [-0.2, 0) is 11.8 Å². The average Bonchev–Trinajstić information content (AvgIpc) is 3.59. The van der Waals surface area contributed by atoms with Gasteiger partial charge in [-0.2, -0.15) is 10.2 Å². The molecule has 0 saturated heterocycles. The lowest BCUT2D eigenvalue weighted by Crippen LogP contribution is -2.40. The molecule has 5 rings (SSSR count). The summed E-state index contributed by atoms with van der Waals surface area (Å²) in [5.74, 6) is 0.874. The normalized spacial score (nSPS) is 20.9. The zero-order chi connectivity index (χ0) is 26.7. The summed E-state index contributed by atoms with van der Waals surface area (Å²) >= 11 is 0. The fraction of sp³-hybridized carbons (Fsp3) is 0.367. The number of nitrogens with zero attached hydrogens (tertiary/aromatic N) is 4. The van der Waals surface area contributed by atoms with Crippen molar-refractivity contribution >= 4 is 11.8 Å². The number of carbonyl (C=O) groups excluding carboxylic acids is 1. The Morgan fingerprint density at radius 2 is 1.82 bits per heavy atom. The van der Waals surface area contributed by atoms with Crippen molar-refractivity contribution in [3.05, 3.63) is 84.2 Å². The van der Waals surface area contributed by atoms with Crippen LogP contribution in [0.15, 0.2) is 73.1 Å². The number of nitrogens with one attached hydrogen (secondary N) is 2. The lowest BCUT2D eigenvalue weighted by atomic mass is 9.83. The molecule has 3 atom stereocenters. The summed E-state index contributed by atoms with van der Waals surface area (Å²) in [6.07, 6.45) is 6.57. The average molecular weight is 513 g/mol. The second-order valence-corrected chi connectivity index (χ2v) is 10.7. The lowest BCUT2D eigenvalue weighted by molar-refractivity contribution is 0.145. The highest BCUT2D eigenvalue weighted by atomic mass is 16.5. The molecule has 2 aromatic heterocycles. The monoisotopic (exact) mass is 512 g/mol. The molecule has 8 heteroatoms. The number of methoxy groups -OCH3 is 1. The van der Waals surface area contributed by atoms with Crippen LogP contribution >= 0.6 is 0 Å². The quantitative estimate of drug-likeness (QED) is 0.318. The smallest absolute Gasteiger partial charge is 0.320 e. The van der Waals surface area contributed by atoms with E-state index in [2.05, 4.69) is 46.9 Å². The van der Waals surface area contributed by atoms with Crippen LogP contribution in [0.4, 0.5) is 10.6 Å². The predicted molar refractivity (Wildman–Crippen MR) is 149 cm³/mol. The summed E-state index contributed by atoms with van der Waals surface area (Å²) < 4.78 is 8.94. The zero-order valence-electron chi connectivity index (χ0n) is 22.5. The van der Waals surface area contributed by atoms with Gasteiger partial charge in [-0.1, -0.05) is 55.5 Å². The molecule has 2 aromatic carbocycles. The van der Waals surface area contributed by atoms with Gasteiger partial charge < -0.3 is 10.1 Å². The van der Waals surface area contributed by atoms with E-state index in [1.165, 1.54) is 5.56 Å². The van der Waals surface area contributed by atoms with Crippen molar-refractivity contribution in [3.8, 4) is 16.9 Å². The molecule has 1 aliphatic rings. The Hall–Kier alpha value is -3.91. The number of anilines is 1. The number of rotatable bonds is 8. The van der Waals surface area contributed by atoms with Crippen LogP contribution in [0.3, 0.4) is 0 Å². The minimum atomic E-state index is -0.232. The molecule has 2 heterocycles. The first-order valence-corrected chi connectivity index (χ1v) is 13.1. The van der Waals surface area contributed by atoms with Crippen LogP contribution < -0.4 is 10.6 Å². The minimum Gasteiger partial charge on any atom is -0.385 e. The molecule has 198 valence electrons. The van der Waals surface area contributed by atoms with E-state index >= 15 is 0 Å². The number of para-hydroxylation sites is 1. The van der Waals surface area contributed by atoms with E-state index in [0.717, 1.165) is 41.8 Å². The largest absolute Gasteiger partial charge is 0.385 e. The Morgan fingerprint density at radius 1 is 1.11 bits per heavy atom. The van der Waals surface area contributed by atoms with E-state index in [4.69, 9.17) is 9.84 Å². The second-order valence-electron chi connectivity index (χ2n) is 10.7. The molecule has 0 bridgehead atoms. The number of aromatic nitrogens is 4. The third kappa shape index (κ3) is 5.36. The van der Waals surface area contributed by atoms with Crippen molar-refractivity contribution in [2.24, 2.45) is 12.5 Å². The molecule has 4 aromatic rings. The number of carbonyl (C=O) groups is 1. The van der Waals surface area contributed by atoms with E-state index in [9.17, 15) is 4.79 Å². The fourth-order valence-corrected chi connectivity index (χ4v) is 5.71. The van der Waals surface area contributed by atoms with E-state index in [1.807, 2.05) is 56.6 Å². The Labute approximate surface area is 224 Å². The van der Waals surface area contributed by atoms with Crippen LogP contribution in [0.25, 0.3) is 16.9 Å². The molecular weight excluding hydrogens is 476 g/mol. The Morgan fingerprint density at radius 3 is 2.47 bits per heavy atom. The molecule has 1 fully saturated rings. The first-order chi connectivity index (χ1) is 18.4. The van der Waals surface area contributed by atoms with Crippen LogP contribution in [-0.4, -0.2) is 45.4 Å². The van der Waals surface area contributed by atoms with E-state index in [-0.39, 0.29) is 23.4 Å². The van der Waals surface area contributed by atoms with Gasteiger partial charge in [-0.05, 0) is 49.3 Å². The molecule has 0 spiro atoms.